The minimum absolute atomic E-state index is 0.104. The van der Waals surface area contributed by atoms with E-state index in [1.165, 1.54) is 0 Å². The Bertz CT molecular complexity index is 405. The number of carbonyl (C=O) groups is 1. The van der Waals surface area contributed by atoms with Gasteiger partial charge in [0.25, 0.3) is 0 Å². The summed E-state index contributed by atoms with van der Waals surface area (Å²) < 4.78 is 0. The highest BCUT2D eigenvalue weighted by Crippen LogP contribution is 2.17. The van der Waals surface area contributed by atoms with Crippen molar-refractivity contribution in [1.82, 2.24) is 5.48 Å². The van der Waals surface area contributed by atoms with Crippen LogP contribution in [0.5, 0.6) is 0 Å². The Kier molecular flexibility index (Phi) is 6.16. The van der Waals surface area contributed by atoms with Crippen LogP contribution in [0.1, 0.15) is 31.4 Å². The predicted molar refractivity (Wildman–Crippen MR) is 73.4 cm³/mol. The van der Waals surface area contributed by atoms with Crippen molar-refractivity contribution in [3.63, 3.8) is 0 Å². The molecule has 0 aliphatic heterocycles. The smallest absolute Gasteiger partial charge is 0.243 e. The van der Waals surface area contributed by atoms with Gasteiger partial charge in [0.05, 0.1) is 6.61 Å². The van der Waals surface area contributed by atoms with Crippen LogP contribution in [0.15, 0.2) is 18.2 Å². The number of halogens is 1. The second kappa shape index (κ2) is 7.39. The van der Waals surface area contributed by atoms with Gasteiger partial charge in [-0.2, -0.15) is 0 Å². The van der Waals surface area contributed by atoms with Gasteiger partial charge in [0.1, 0.15) is 0 Å². The van der Waals surface area contributed by atoms with Gasteiger partial charge in [-0.15, -0.1) is 0 Å². The first-order valence-electron chi connectivity index (χ1n) is 6.14. The Labute approximate surface area is 113 Å². The molecule has 0 bridgehead atoms. The summed E-state index contributed by atoms with van der Waals surface area (Å²) in [5, 5.41) is 0.740. The van der Waals surface area contributed by atoms with E-state index >= 15 is 0 Å². The molecule has 3 nitrogen and oxygen atoms in total. The van der Waals surface area contributed by atoms with E-state index in [0.717, 1.165) is 16.1 Å². The summed E-state index contributed by atoms with van der Waals surface area (Å²) in [7, 11) is 0. The molecule has 0 saturated heterocycles. The van der Waals surface area contributed by atoms with Crippen LogP contribution < -0.4 is 5.48 Å². The third-order valence-corrected chi connectivity index (χ3v) is 2.89. The minimum Gasteiger partial charge on any atom is -0.273 e. The molecule has 0 spiro atoms. The van der Waals surface area contributed by atoms with Crippen molar-refractivity contribution in [2.45, 2.75) is 33.6 Å². The van der Waals surface area contributed by atoms with Gasteiger partial charge in [0.15, 0.2) is 0 Å². The average Bonchev–Trinajstić information content (AvgIpc) is 2.30. The second-order valence-electron chi connectivity index (χ2n) is 4.81. The van der Waals surface area contributed by atoms with E-state index in [0.29, 0.717) is 25.4 Å². The summed E-state index contributed by atoms with van der Waals surface area (Å²) in [4.78, 5) is 16.5. The maximum absolute atomic E-state index is 11.5. The Morgan fingerprint density at radius 3 is 2.78 bits per heavy atom. The molecule has 0 saturated carbocycles. The van der Waals surface area contributed by atoms with E-state index < -0.39 is 0 Å². The molecule has 0 atom stereocenters. The van der Waals surface area contributed by atoms with Crippen LogP contribution in [0.4, 0.5) is 0 Å². The van der Waals surface area contributed by atoms with Gasteiger partial charge in [0.2, 0.25) is 5.91 Å². The van der Waals surface area contributed by atoms with Gasteiger partial charge >= 0.3 is 0 Å². The number of hydrogen-bond acceptors (Lipinski definition) is 2. The van der Waals surface area contributed by atoms with Crippen molar-refractivity contribution in [3.05, 3.63) is 34.3 Å². The number of nitrogens with one attached hydrogen (secondary N) is 1. The van der Waals surface area contributed by atoms with Crippen molar-refractivity contribution in [2.75, 3.05) is 6.61 Å². The molecule has 0 aliphatic rings. The molecule has 1 amide bonds. The van der Waals surface area contributed by atoms with Crippen LogP contribution in [-0.4, -0.2) is 12.5 Å². The predicted octanol–water partition coefficient (Wildman–Crippen LogP) is 3.28. The van der Waals surface area contributed by atoms with Crippen LogP contribution in [-0.2, 0) is 16.1 Å². The summed E-state index contributed by atoms with van der Waals surface area (Å²) >= 11 is 6.02. The number of aryl methyl sites for hydroxylation is 2. The van der Waals surface area contributed by atoms with Crippen LogP contribution in [0.2, 0.25) is 5.02 Å². The first-order valence-corrected chi connectivity index (χ1v) is 6.52. The lowest BCUT2D eigenvalue weighted by molar-refractivity contribution is -0.134. The molecular weight excluding hydrogens is 250 g/mol. The highest BCUT2D eigenvalue weighted by atomic mass is 35.5. The lowest BCUT2D eigenvalue weighted by Gasteiger charge is -2.08. The van der Waals surface area contributed by atoms with Crippen molar-refractivity contribution < 1.29 is 9.63 Å². The van der Waals surface area contributed by atoms with E-state index in [2.05, 4.69) is 5.48 Å². The minimum atomic E-state index is -0.104. The van der Waals surface area contributed by atoms with Crippen LogP contribution in [0, 0.1) is 12.8 Å². The molecule has 100 valence electrons. The zero-order valence-electron chi connectivity index (χ0n) is 11.1. The molecule has 0 unspecified atom stereocenters. The normalized spacial score (nSPS) is 10.7. The van der Waals surface area contributed by atoms with Gasteiger partial charge in [-0.25, -0.2) is 5.48 Å². The average molecular weight is 270 g/mol. The monoisotopic (exact) mass is 269 g/mol. The molecule has 1 rings (SSSR count). The lowest BCUT2D eigenvalue weighted by Crippen LogP contribution is -2.25. The highest BCUT2D eigenvalue weighted by Gasteiger charge is 2.04. The molecule has 0 aromatic heterocycles. The van der Waals surface area contributed by atoms with Gasteiger partial charge < -0.3 is 0 Å². The van der Waals surface area contributed by atoms with Crippen molar-refractivity contribution >= 4 is 17.5 Å². The van der Waals surface area contributed by atoms with Crippen molar-refractivity contribution in [1.29, 1.82) is 0 Å². The molecule has 0 aliphatic carbocycles. The summed E-state index contributed by atoms with van der Waals surface area (Å²) in [6.07, 6.45) is 1.06. The first kappa shape index (κ1) is 15.0. The second-order valence-corrected chi connectivity index (χ2v) is 5.22. The lowest BCUT2D eigenvalue weighted by atomic mass is 10.1. The van der Waals surface area contributed by atoms with Crippen LogP contribution in [0.25, 0.3) is 0 Å². The third-order valence-electron chi connectivity index (χ3n) is 2.48. The SMILES string of the molecule is Cc1ccc(CCC(=O)NOCC(C)C)cc1Cl. The number of rotatable bonds is 6. The highest BCUT2D eigenvalue weighted by molar-refractivity contribution is 6.31. The number of hydroxylamine groups is 1. The zero-order chi connectivity index (χ0) is 13.5. The Morgan fingerprint density at radius 2 is 2.17 bits per heavy atom. The molecular formula is C14H20ClNO2. The Morgan fingerprint density at radius 1 is 1.44 bits per heavy atom. The van der Waals surface area contributed by atoms with Crippen LogP contribution in [0.3, 0.4) is 0 Å². The van der Waals surface area contributed by atoms with Crippen LogP contribution >= 0.6 is 11.6 Å². The Hall–Kier alpha value is -1.06. The van der Waals surface area contributed by atoms with E-state index in [9.17, 15) is 4.79 Å². The topological polar surface area (TPSA) is 38.3 Å². The van der Waals surface area contributed by atoms with E-state index in [1.54, 1.807) is 0 Å². The maximum Gasteiger partial charge on any atom is 0.243 e. The molecule has 0 fully saturated rings. The summed E-state index contributed by atoms with van der Waals surface area (Å²) in [5.41, 5.74) is 4.54. The molecule has 1 aromatic carbocycles. The van der Waals surface area contributed by atoms with Gasteiger partial charge in [-0.05, 0) is 36.5 Å². The largest absolute Gasteiger partial charge is 0.273 e. The fourth-order valence-corrected chi connectivity index (χ4v) is 1.59. The molecule has 1 N–H and O–H groups in total. The molecule has 0 heterocycles. The molecule has 18 heavy (non-hydrogen) atoms. The fraction of sp³-hybridized carbons (Fsp3) is 0.500. The number of benzene rings is 1. The zero-order valence-corrected chi connectivity index (χ0v) is 11.9. The number of carbonyl (C=O) groups excluding carboxylic acids is 1. The number of hydrogen-bond donors (Lipinski definition) is 1. The maximum atomic E-state index is 11.5. The molecule has 1 aromatic rings. The summed E-state index contributed by atoms with van der Waals surface area (Å²) in [6, 6.07) is 5.85. The standard InChI is InChI=1S/C14H20ClNO2/c1-10(2)9-18-16-14(17)7-6-12-5-4-11(3)13(15)8-12/h4-5,8,10H,6-7,9H2,1-3H3,(H,16,17). The first-order chi connectivity index (χ1) is 8.49. The van der Waals surface area contributed by atoms with Crippen molar-refractivity contribution in [2.24, 2.45) is 5.92 Å². The fourth-order valence-electron chi connectivity index (χ4n) is 1.39. The van der Waals surface area contributed by atoms with E-state index in [4.69, 9.17) is 16.4 Å². The molecule has 0 radical (unpaired) electrons. The summed E-state index contributed by atoms with van der Waals surface area (Å²) in [6.45, 7) is 6.54. The van der Waals surface area contributed by atoms with Crippen molar-refractivity contribution in [3.8, 4) is 0 Å². The Balaban J connectivity index is 2.31. The van der Waals surface area contributed by atoms with Gasteiger partial charge in [-0.1, -0.05) is 37.6 Å². The molecule has 4 heteroatoms. The quantitative estimate of drug-likeness (QED) is 0.805. The van der Waals surface area contributed by atoms with Gasteiger partial charge in [-0.3, -0.25) is 9.63 Å². The van der Waals surface area contributed by atoms with E-state index in [1.807, 2.05) is 39.0 Å². The van der Waals surface area contributed by atoms with Gasteiger partial charge in [0, 0.05) is 11.4 Å². The third kappa shape index (κ3) is 5.52. The van der Waals surface area contributed by atoms with E-state index in [-0.39, 0.29) is 5.91 Å². The number of amides is 1. The summed E-state index contributed by atoms with van der Waals surface area (Å²) in [5.74, 6) is 0.300.